The number of ether oxygens (including phenoxy) is 4. The summed E-state index contributed by atoms with van der Waals surface area (Å²) in [5, 5.41) is 2.56. The summed E-state index contributed by atoms with van der Waals surface area (Å²) in [5.74, 6) is -1.28. The van der Waals surface area contributed by atoms with Gasteiger partial charge >= 0.3 is 11.9 Å². The Hall–Kier alpha value is -3.33. The van der Waals surface area contributed by atoms with E-state index >= 15 is 0 Å². The van der Waals surface area contributed by atoms with Crippen LogP contribution in [0.2, 0.25) is 0 Å². The second kappa shape index (κ2) is 10.5. The lowest BCUT2D eigenvalue weighted by atomic mass is 10.2. The number of halogens is 1. The van der Waals surface area contributed by atoms with Gasteiger partial charge in [0, 0.05) is 30.8 Å². The summed E-state index contributed by atoms with van der Waals surface area (Å²) in [6.45, 7) is 4.05. The smallest absolute Gasteiger partial charge is 0.305 e. The van der Waals surface area contributed by atoms with Gasteiger partial charge in [0.1, 0.15) is 12.8 Å². The number of hydrogen-bond donors (Lipinski definition) is 1. The molecular weight excluding hydrogens is 573 g/mol. The lowest BCUT2D eigenvalue weighted by Gasteiger charge is -2.17. The summed E-state index contributed by atoms with van der Waals surface area (Å²) >= 11 is 2.22. The average Bonchev–Trinajstić information content (AvgIpc) is 3.36. The van der Waals surface area contributed by atoms with E-state index in [1.807, 2.05) is 24.3 Å². The molecule has 0 spiro atoms. The van der Waals surface area contributed by atoms with Crippen LogP contribution in [0, 0.1) is 3.57 Å². The van der Waals surface area contributed by atoms with Crippen LogP contribution in [0.1, 0.15) is 39.0 Å². The summed E-state index contributed by atoms with van der Waals surface area (Å²) in [6, 6.07) is 7.79. The molecule has 0 bridgehead atoms. The lowest BCUT2D eigenvalue weighted by molar-refractivity contribution is -0.198. The predicted molar refractivity (Wildman–Crippen MR) is 129 cm³/mol. The van der Waals surface area contributed by atoms with E-state index in [4.69, 9.17) is 18.9 Å². The Kier molecular flexibility index (Phi) is 7.45. The van der Waals surface area contributed by atoms with Gasteiger partial charge in [-0.15, -0.1) is 0 Å². The quantitative estimate of drug-likeness (QED) is 0.320. The molecule has 3 heterocycles. The van der Waals surface area contributed by atoms with Gasteiger partial charge in [-0.25, -0.2) is 4.98 Å². The molecule has 12 nitrogen and oxygen atoms in total. The van der Waals surface area contributed by atoms with Crippen LogP contribution in [0.15, 0.2) is 30.6 Å². The first-order valence-electron chi connectivity index (χ1n) is 10.6. The van der Waals surface area contributed by atoms with Gasteiger partial charge in [-0.3, -0.25) is 24.3 Å². The number of aromatic nitrogens is 4. The maximum absolute atomic E-state index is 11.7. The largest absolute Gasteiger partial charge is 0.471 e. The minimum Gasteiger partial charge on any atom is -0.471 e. The van der Waals surface area contributed by atoms with Crippen molar-refractivity contribution in [2.45, 2.75) is 52.4 Å². The highest BCUT2D eigenvalue weighted by Crippen LogP contribution is 2.35. The highest BCUT2D eigenvalue weighted by Gasteiger charge is 2.41. The SMILES string of the molecule is CC(=O)Nc1nc(OCc2ccc(I)cc2)c2ncn([C@H]3C[C@H](OC(C)=O)[C@@H](OC(C)=O)O3)c2n1. The molecule has 1 amide bonds. The van der Waals surface area contributed by atoms with Crippen molar-refractivity contribution in [2.75, 3.05) is 5.32 Å². The zero-order valence-corrected chi connectivity index (χ0v) is 21.2. The summed E-state index contributed by atoms with van der Waals surface area (Å²) in [6.07, 6.45) is -0.973. The molecule has 0 radical (unpaired) electrons. The van der Waals surface area contributed by atoms with Gasteiger partial charge in [-0.05, 0) is 40.3 Å². The number of esters is 2. The van der Waals surface area contributed by atoms with Crippen molar-refractivity contribution in [1.29, 1.82) is 0 Å². The zero-order valence-electron chi connectivity index (χ0n) is 19.1. The highest BCUT2D eigenvalue weighted by atomic mass is 127. The number of amides is 1. The molecule has 13 heteroatoms. The number of fused-ring (bicyclic) bond motifs is 1. The molecule has 1 saturated heterocycles. The first-order valence-corrected chi connectivity index (χ1v) is 11.7. The van der Waals surface area contributed by atoms with Crippen molar-refractivity contribution < 1.29 is 33.3 Å². The molecule has 1 N–H and O–H groups in total. The molecule has 0 saturated carbocycles. The van der Waals surface area contributed by atoms with Crippen molar-refractivity contribution in [3.05, 3.63) is 39.7 Å². The second-order valence-electron chi connectivity index (χ2n) is 7.72. The minimum atomic E-state index is -1.09. The van der Waals surface area contributed by atoms with Crippen LogP contribution in [0.4, 0.5) is 5.95 Å². The van der Waals surface area contributed by atoms with E-state index in [2.05, 4.69) is 42.9 Å². The van der Waals surface area contributed by atoms with E-state index in [0.717, 1.165) is 9.13 Å². The van der Waals surface area contributed by atoms with Crippen LogP contribution in [0.5, 0.6) is 5.88 Å². The second-order valence-corrected chi connectivity index (χ2v) is 8.97. The van der Waals surface area contributed by atoms with E-state index < -0.39 is 30.6 Å². The van der Waals surface area contributed by atoms with Crippen LogP contribution < -0.4 is 10.1 Å². The monoisotopic (exact) mass is 595 g/mol. The zero-order chi connectivity index (χ0) is 25.1. The Balaban J connectivity index is 1.66. The number of nitrogens with zero attached hydrogens (tertiary/aromatic N) is 4. The van der Waals surface area contributed by atoms with Crippen LogP contribution in [0.3, 0.4) is 0 Å². The standard InChI is InChI=1S/C22H22IN5O7/c1-11(29)25-22-26-19-18(20(27-22)32-9-14-4-6-15(23)7-5-14)24-10-28(19)17-8-16(33-12(2)30)21(35-17)34-13(3)31/h4-7,10,16-17,21H,8-9H2,1-3H3,(H,25,26,27,29)/t16-,17+,21-/m0/s1. The fourth-order valence-electron chi connectivity index (χ4n) is 3.52. The van der Waals surface area contributed by atoms with Gasteiger partial charge in [-0.2, -0.15) is 9.97 Å². The summed E-state index contributed by atoms with van der Waals surface area (Å²) in [7, 11) is 0. The number of carbonyl (C=O) groups excluding carboxylic acids is 3. The number of imidazole rings is 1. The number of benzene rings is 1. The number of anilines is 1. The third-order valence-corrected chi connectivity index (χ3v) is 5.62. The van der Waals surface area contributed by atoms with Gasteiger partial charge in [0.25, 0.3) is 0 Å². The van der Waals surface area contributed by atoms with Crippen LogP contribution in [0.25, 0.3) is 11.2 Å². The third kappa shape index (κ3) is 6.03. The Morgan fingerprint density at radius 2 is 1.83 bits per heavy atom. The maximum atomic E-state index is 11.7. The molecule has 4 rings (SSSR count). The molecule has 2 aromatic heterocycles. The topological polar surface area (TPSA) is 144 Å². The lowest BCUT2D eigenvalue weighted by Crippen LogP contribution is -2.30. The van der Waals surface area contributed by atoms with Gasteiger partial charge < -0.3 is 18.9 Å². The van der Waals surface area contributed by atoms with Crippen molar-refractivity contribution in [3.63, 3.8) is 0 Å². The van der Waals surface area contributed by atoms with Crippen molar-refractivity contribution in [1.82, 2.24) is 19.5 Å². The van der Waals surface area contributed by atoms with E-state index in [1.165, 1.54) is 27.1 Å². The van der Waals surface area contributed by atoms with Gasteiger partial charge in [-0.1, -0.05) is 12.1 Å². The molecule has 3 aromatic rings. The molecule has 1 aromatic carbocycles. The van der Waals surface area contributed by atoms with E-state index in [0.29, 0.717) is 11.2 Å². The van der Waals surface area contributed by atoms with E-state index in [1.54, 1.807) is 4.57 Å². The normalized spacial score (nSPS) is 19.4. The molecule has 0 unspecified atom stereocenters. The Morgan fingerprint density at radius 1 is 1.11 bits per heavy atom. The first-order chi connectivity index (χ1) is 16.7. The Morgan fingerprint density at radius 3 is 2.49 bits per heavy atom. The van der Waals surface area contributed by atoms with Crippen LogP contribution in [-0.2, 0) is 35.2 Å². The number of hydrogen-bond acceptors (Lipinski definition) is 10. The number of rotatable bonds is 7. The fourth-order valence-corrected chi connectivity index (χ4v) is 3.88. The van der Waals surface area contributed by atoms with Crippen LogP contribution >= 0.6 is 22.6 Å². The average molecular weight is 595 g/mol. The molecule has 3 atom stereocenters. The molecule has 35 heavy (non-hydrogen) atoms. The summed E-state index contributed by atoms with van der Waals surface area (Å²) in [4.78, 5) is 47.8. The molecule has 0 aliphatic carbocycles. The van der Waals surface area contributed by atoms with Crippen molar-refractivity contribution in [3.8, 4) is 5.88 Å². The van der Waals surface area contributed by atoms with Gasteiger partial charge in [0.05, 0.1) is 6.33 Å². The third-order valence-electron chi connectivity index (χ3n) is 4.90. The van der Waals surface area contributed by atoms with Gasteiger partial charge in [0.15, 0.2) is 17.3 Å². The Bertz CT molecular complexity index is 1240. The predicted octanol–water partition coefficient (Wildman–Crippen LogP) is 2.71. The molecular formula is C22H22IN5O7. The summed E-state index contributed by atoms with van der Waals surface area (Å²) in [5.41, 5.74) is 1.58. The van der Waals surface area contributed by atoms with Crippen LogP contribution in [-0.4, -0.2) is 49.8 Å². The highest BCUT2D eigenvalue weighted by molar-refractivity contribution is 14.1. The molecule has 184 valence electrons. The molecule has 1 fully saturated rings. The Labute approximate surface area is 213 Å². The van der Waals surface area contributed by atoms with Gasteiger partial charge in [0.2, 0.25) is 24.0 Å². The summed E-state index contributed by atoms with van der Waals surface area (Å²) < 4.78 is 24.9. The van der Waals surface area contributed by atoms with E-state index in [-0.39, 0.29) is 30.8 Å². The number of nitrogens with one attached hydrogen (secondary N) is 1. The fraction of sp³-hybridized carbons (Fsp3) is 0.364. The van der Waals surface area contributed by atoms with E-state index in [9.17, 15) is 14.4 Å². The molecule has 1 aliphatic heterocycles. The first kappa shape index (κ1) is 24.8. The molecule has 1 aliphatic rings. The van der Waals surface area contributed by atoms with Crippen molar-refractivity contribution in [2.24, 2.45) is 0 Å². The minimum absolute atomic E-state index is 0.0235. The maximum Gasteiger partial charge on any atom is 0.305 e. The van der Waals surface area contributed by atoms with Crippen molar-refractivity contribution >= 4 is 57.5 Å². The number of carbonyl (C=O) groups is 3.